The van der Waals surface area contributed by atoms with Gasteiger partial charge in [-0.05, 0) is 19.1 Å². The Morgan fingerprint density at radius 1 is 1.33 bits per heavy atom. The molecule has 0 N–H and O–H groups in total. The molecule has 0 fully saturated rings. The van der Waals surface area contributed by atoms with Crippen LogP contribution in [0.2, 0.25) is 0 Å². The molecule has 0 spiro atoms. The second-order valence-electron chi connectivity index (χ2n) is 4.50. The second-order valence-corrected chi connectivity index (χ2v) is 4.50. The van der Waals surface area contributed by atoms with Gasteiger partial charge in [0.05, 0.1) is 12.1 Å². The van der Waals surface area contributed by atoms with Crippen molar-refractivity contribution in [2.75, 3.05) is 6.61 Å². The Bertz CT molecular complexity index is 851. The summed E-state index contributed by atoms with van der Waals surface area (Å²) in [5.74, 6) is -0.0419. The van der Waals surface area contributed by atoms with Gasteiger partial charge in [0.2, 0.25) is 0 Å². The zero-order valence-electron chi connectivity index (χ0n) is 11.8. The van der Waals surface area contributed by atoms with Crippen LogP contribution in [0.25, 0.3) is 28.1 Å². The van der Waals surface area contributed by atoms with Crippen LogP contribution in [0, 0.1) is 0 Å². The van der Waals surface area contributed by atoms with Crippen LogP contribution in [0.1, 0.15) is 12.7 Å². The molecule has 3 rings (SSSR count). The van der Waals surface area contributed by atoms with E-state index >= 15 is 0 Å². The largest absolute Gasteiger partial charge is 0.463 e. The molecule has 6 heteroatoms. The molecule has 2 aromatic heterocycles. The SMILES string of the molecule is CCOC(=O)/C=C/c1nnc2c3ccccc3n(C)c2n1. The van der Waals surface area contributed by atoms with Gasteiger partial charge in [0, 0.05) is 18.5 Å². The number of benzene rings is 1. The first kappa shape index (κ1) is 13.2. The van der Waals surface area contributed by atoms with Crippen molar-refractivity contribution in [1.29, 1.82) is 0 Å². The summed E-state index contributed by atoms with van der Waals surface area (Å²) < 4.78 is 6.78. The molecule has 0 aliphatic heterocycles. The van der Waals surface area contributed by atoms with E-state index in [9.17, 15) is 4.79 Å². The molecular formula is C15H14N4O2. The van der Waals surface area contributed by atoms with Gasteiger partial charge in [-0.15, -0.1) is 10.2 Å². The van der Waals surface area contributed by atoms with Gasteiger partial charge in [-0.1, -0.05) is 18.2 Å². The second kappa shape index (κ2) is 5.32. The van der Waals surface area contributed by atoms with Crippen molar-refractivity contribution in [3.8, 4) is 0 Å². The van der Waals surface area contributed by atoms with E-state index in [2.05, 4.69) is 15.2 Å². The number of carbonyl (C=O) groups excluding carboxylic acids is 1. The maximum Gasteiger partial charge on any atom is 0.330 e. The van der Waals surface area contributed by atoms with Crippen LogP contribution in [0.4, 0.5) is 0 Å². The maximum atomic E-state index is 11.3. The number of para-hydroxylation sites is 1. The van der Waals surface area contributed by atoms with Gasteiger partial charge in [0.1, 0.15) is 5.52 Å². The van der Waals surface area contributed by atoms with Crippen LogP contribution in [0.5, 0.6) is 0 Å². The first-order valence-corrected chi connectivity index (χ1v) is 6.63. The van der Waals surface area contributed by atoms with Gasteiger partial charge in [-0.25, -0.2) is 9.78 Å². The lowest BCUT2D eigenvalue weighted by molar-refractivity contribution is -0.137. The number of rotatable bonds is 3. The minimum Gasteiger partial charge on any atom is -0.463 e. The van der Waals surface area contributed by atoms with Crippen molar-refractivity contribution in [3.63, 3.8) is 0 Å². The number of esters is 1. The number of nitrogens with zero attached hydrogens (tertiary/aromatic N) is 4. The summed E-state index contributed by atoms with van der Waals surface area (Å²) in [4.78, 5) is 15.7. The lowest BCUT2D eigenvalue weighted by Crippen LogP contribution is -2.00. The Hall–Kier alpha value is -2.76. The molecule has 0 aliphatic rings. The first-order valence-electron chi connectivity index (χ1n) is 6.63. The quantitative estimate of drug-likeness (QED) is 0.543. The Labute approximate surface area is 121 Å². The molecule has 3 aromatic rings. The molecule has 0 saturated carbocycles. The van der Waals surface area contributed by atoms with Crippen LogP contribution >= 0.6 is 0 Å². The molecule has 21 heavy (non-hydrogen) atoms. The van der Waals surface area contributed by atoms with Crippen LogP contribution < -0.4 is 0 Å². The standard InChI is InChI=1S/C15H14N4O2/c1-3-21-13(20)9-8-12-16-15-14(18-17-12)10-6-4-5-7-11(10)19(15)2/h4-9H,3H2,1-2H3/b9-8+. The summed E-state index contributed by atoms with van der Waals surface area (Å²) >= 11 is 0. The van der Waals surface area contributed by atoms with E-state index in [-0.39, 0.29) is 0 Å². The Morgan fingerprint density at radius 2 is 2.14 bits per heavy atom. The van der Waals surface area contributed by atoms with Gasteiger partial charge in [-0.3, -0.25) is 0 Å². The van der Waals surface area contributed by atoms with E-state index < -0.39 is 5.97 Å². The lowest BCUT2D eigenvalue weighted by atomic mass is 10.2. The van der Waals surface area contributed by atoms with Crippen LogP contribution in [-0.4, -0.2) is 32.3 Å². The number of aryl methyl sites for hydroxylation is 1. The van der Waals surface area contributed by atoms with Crippen LogP contribution in [-0.2, 0) is 16.6 Å². The van der Waals surface area contributed by atoms with Crippen LogP contribution in [0.3, 0.4) is 0 Å². The molecule has 0 saturated heterocycles. The van der Waals surface area contributed by atoms with E-state index in [4.69, 9.17) is 4.74 Å². The molecule has 6 nitrogen and oxygen atoms in total. The van der Waals surface area contributed by atoms with Crippen molar-refractivity contribution in [3.05, 3.63) is 36.2 Å². The van der Waals surface area contributed by atoms with Gasteiger partial charge in [-0.2, -0.15) is 0 Å². The van der Waals surface area contributed by atoms with Crippen molar-refractivity contribution in [2.45, 2.75) is 6.92 Å². The van der Waals surface area contributed by atoms with Gasteiger partial charge in [0.15, 0.2) is 11.5 Å². The molecule has 1 aromatic carbocycles. The minimum absolute atomic E-state index is 0.338. The Kier molecular flexibility index (Phi) is 3.35. The monoisotopic (exact) mass is 282 g/mol. The predicted octanol–water partition coefficient (Wildman–Crippen LogP) is 2.09. The number of ether oxygens (including phenoxy) is 1. The highest BCUT2D eigenvalue weighted by Gasteiger charge is 2.11. The fourth-order valence-electron chi connectivity index (χ4n) is 2.22. The maximum absolute atomic E-state index is 11.3. The average molecular weight is 282 g/mol. The predicted molar refractivity (Wildman–Crippen MR) is 79.5 cm³/mol. The fourth-order valence-corrected chi connectivity index (χ4v) is 2.22. The number of hydrogen-bond donors (Lipinski definition) is 0. The van der Waals surface area contributed by atoms with E-state index in [0.29, 0.717) is 12.4 Å². The molecule has 0 unspecified atom stereocenters. The molecule has 106 valence electrons. The minimum atomic E-state index is -0.418. The third-order valence-electron chi connectivity index (χ3n) is 3.18. The van der Waals surface area contributed by atoms with Crippen molar-refractivity contribution in [2.24, 2.45) is 7.05 Å². The van der Waals surface area contributed by atoms with Crippen LogP contribution in [0.15, 0.2) is 30.3 Å². The topological polar surface area (TPSA) is 69.9 Å². The molecule has 0 aliphatic carbocycles. The molecule has 0 amide bonds. The summed E-state index contributed by atoms with van der Waals surface area (Å²) in [6.45, 7) is 2.09. The van der Waals surface area contributed by atoms with E-state index in [1.54, 1.807) is 6.92 Å². The van der Waals surface area contributed by atoms with Gasteiger partial charge < -0.3 is 9.30 Å². The molecular weight excluding hydrogens is 268 g/mol. The number of hydrogen-bond acceptors (Lipinski definition) is 5. The highest BCUT2D eigenvalue weighted by Crippen LogP contribution is 2.24. The fraction of sp³-hybridized carbons (Fsp3) is 0.200. The molecule has 0 radical (unpaired) electrons. The highest BCUT2D eigenvalue weighted by atomic mass is 16.5. The third kappa shape index (κ3) is 2.35. The summed E-state index contributed by atoms with van der Waals surface area (Å²) in [6, 6.07) is 7.92. The molecule has 0 atom stereocenters. The molecule has 0 bridgehead atoms. The van der Waals surface area contributed by atoms with Gasteiger partial charge in [0.25, 0.3) is 0 Å². The van der Waals surface area contributed by atoms with Gasteiger partial charge >= 0.3 is 5.97 Å². The first-order chi connectivity index (χ1) is 10.2. The zero-order chi connectivity index (χ0) is 14.8. The van der Waals surface area contributed by atoms with Crippen molar-refractivity contribution in [1.82, 2.24) is 19.7 Å². The van der Waals surface area contributed by atoms with E-state index in [0.717, 1.165) is 22.1 Å². The van der Waals surface area contributed by atoms with Crippen molar-refractivity contribution >= 4 is 34.1 Å². The Balaban J connectivity index is 2.06. The number of fused-ring (bicyclic) bond motifs is 3. The average Bonchev–Trinajstić information content (AvgIpc) is 2.79. The summed E-state index contributed by atoms with van der Waals surface area (Å²) in [5.41, 5.74) is 2.52. The smallest absolute Gasteiger partial charge is 0.330 e. The summed E-state index contributed by atoms with van der Waals surface area (Å²) in [6.07, 6.45) is 2.80. The Morgan fingerprint density at radius 3 is 2.95 bits per heavy atom. The van der Waals surface area contributed by atoms with Crippen molar-refractivity contribution < 1.29 is 9.53 Å². The highest BCUT2D eigenvalue weighted by molar-refractivity contribution is 6.04. The third-order valence-corrected chi connectivity index (χ3v) is 3.18. The summed E-state index contributed by atoms with van der Waals surface area (Å²) in [5, 5.41) is 9.26. The zero-order valence-corrected chi connectivity index (χ0v) is 11.8. The number of carbonyl (C=O) groups is 1. The van der Waals surface area contributed by atoms with E-state index in [1.165, 1.54) is 12.2 Å². The summed E-state index contributed by atoms with van der Waals surface area (Å²) in [7, 11) is 1.93. The number of aromatic nitrogens is 4. The normalized spacial score (nSPS) is 11.5. The van der Waals surface area contributed by atoms with E-state index in [1.807, 2.05) is 35.9 Å². The lowest BCUT2D eigenvalue weighted by Gasteiger charge is -1.97. The molecule has 2 heterocycles.